The Kier molecular flexibility index (Phi) is 2.97. The minimum atomic E-state index is 0.694. The first kappa shape index (κ1) is 10.1. The molecule has 1 saturated carbocycles. The number of rotatable bonds is 2. The lowest BCUT2D eigenvalue weighted by atomic mass is 10.1. The van der Waals surface area contributed by atoms with Gasteiger partial charge in [-0.25, -0.2) is 0 Å². The molecule has 1 aromatic rings. The smallest absolute Gasteiger partial charge is 0.0630 e. The molecule has 0 amide bonds. The molecule has 2 rings (SSSR count). The van der Waals surface area contributed by atoms with Crippen molar-refractivity contribution >= 4 is 5.69 Å². The third-order valence-electron chi connectivity index (χ3n) is 3.01. The average molecular weight is 198 g/mol. The van der Waals surface area contributed by atoms with Crippen LogP contribution in [-0.4, -0.2) is 0 Å². The normalized spacial score (nSPS) is 21.2. The molecule has 0 aliphatic heterocycles. The molecule has 1 radical (unpaired) electrons. The molecule has 1 fully saturated rings. The van der Waals surface area contributed by atoms with Gasteiger partial charge in [0, 0.05) is 11.3 Å². The second-order valence-electron chi connectivity index (χ2n) is 4.17. The van der Waals surface area contributed by atoms with E-state index in [4.69, 9.17) is 6.42 Å². The third-order valence-corrected chi connectivity index (χ3v) is 3.01. The van der Waals surface area contributed by atoms with Crippen molar-refractivity contribution in [3.63, 3.8) is 0 Å². The maximum absolute atomic E-state index is 5.37. The molecule has 1 aromatic carbocycles. The molecule has 0 aromatic heterocycles. The Morgan fingerprint density at radius 2 is 2.33 bits per heavy atom. The highest BCUT2D eigenvalue weighted by Crippen LogP contribution is 2.33. The molecule has 1 N–H and O–H groups in total. The van der Waals surface area contributed by atoms with Crippen molar-refractivity contribution in [3.8, 4) is 12.3 Å². The van der Waals surface area contributed by atoms with Gasteiger partial charge in [-0.1, -0.05) is 25.3 Å². The zero-order valence-electron chi connectivity index (χ0n) is 9.09. The zero-order chi connectivity index (χ0) is 10.7. The highest BCUT2D eigenvalue weighted by atomic mass is 14.9. The van der Waals surface area contributed by atoms with Crippen LogP contribution in [0, 0.1) is 24.3 Å². The van der Waals surface area contributed by atoms with Gasteiger partial charge >= 0.3 is 0 Å². The summed E-state index contributed by atoms with van der Waals surface area (Å²) in [6.07, 6.45) is 9.17. The average Bonchev–Trinajstić information content (AvgIpc) is 2.65. The second-order valence-corrected chi connectivity index (χ2v) is 4.17. The molecule has 0 bridgehead atoms. The van der Waals surface area contributed by atoms with Crippen LogP contribution in [0.4, 0.5) is 5.69 Å². The number of hydrogen-bond donors (Lipinski definition) is 1. The maximum atomic E-state index is 5.37. The molecular formula is C14H16N. The molecule has 1 nitrogen and oxygen atoms in total. The Hall–Kier alpha value is -1.42. The van der Waals surface area contributed by atoms with E-state index in [2.05, 4.69) is 24.2 Å². The molecule has 1 heteroatoms. The number of hydrogen-bond acceptors (Lipinski definition) is 1. The van der Waals surface area contributed by atoms with Gasteiger partial charge in [0.2, 0.25) is 0 Å². The summed E-state index contributed by atoms with van der Waals surface area (Å²) in [6.45, 7) is 2.28. The van der Waals surface area contributed by atoms with Crippen molar-refractivity contribution in [1.29, 1.82) is 0 Å². The first-order chi connectivity index (χ1) is 7.29. The van der Waals surface area contributed by atoms with Crippen LogP contribution in [0.15, 0.2) is 24.3 Å². The Balaban J connectivity index is 2.07. The van der Waals surface area contributed by atoms with E-state index in [-0.39, 0.29) is 0 Å². The highest BCUT2D eigenvalue weighted by Gasteiger charge is 2.23. The predicted octanol–water partition coefficient (Wildman–Crippen LogP) is 3.43. The van der Waals surface area contributed by atoms with Crippen molar-refractivity contribution < 1.29 is 0 Å². The highest BCUT2D eigenvalue weighted by molar-refractivity contribution is 5.52. The van der Waals surface area contributed by atoms with Crippen LogP contribution in [0.1, 0.15) is 31.7 Å². The van der Waals surface area contributed by atoms with Crippen molar-refractivity contribution in [3.05, 3.63) is 35.9 Å². The standard InChI is InChI=1S/C14H16N/c1-3-12-7-5-8-13(10-12)15-14-9-4-6-11(14)2/h1,5,7-8,10-11,15H,4,6,9H2,2H3. The molecule has 1 aliphatic carbocycles. The number of nitrogens with one attached hydrogen (secondary N) is 1. The van der Waals surface area contributed by atoms with E-state index in [9.17, 15) is 0 Å². The zero-order valence-corrected chi connectivity index (χ0v) is 9.09. The van der Waals surface area contributed by atoms with E-state index < -0.39 is 0 Å². The van der Waals surface area contributed by atoms with Gasteiger partial charge in [0.25, 0.3) is 0 Å². The first-order valence-electron chi connectivity index (χ1n) is 5.49. The summed E-state index contributed by atoms with van der Waals surface area (Å²) >= 11 is 0. The molecule has 15 heavy (non-hydrogen) atoms. The van der Waals surface area contributed by atoms with E-state index in [1.165, 1.54) is 25.3 Å². The van der Waals surface area contributed by atoms with Crippen molar-refractivity contribution in [2.75, 3.05) is 5.32 Å². The lowest BCUT2D eigenvalue weighted by Crippen LogP contribution is -2.12. The van der Waals surface area contributed by atoms with Crippen molar-refractivity contribution in [2.45, 2.75) is 26.2 Å². The van der Waals surface area contributed by atoms with Crippen molar-refractivity contribution in [2.24, 2.45) is 5.92 Å². The van der Waals surface area contributed by atoms with E-state index >= 15 is 0 Å². The van der Waals surface area contributed by atoms with Crippen LogP contribution in [0.5, 0.6) is 0 Å². The van der Waals surface area contributed by atoms with E-state index in [0.29, 0.717) is 5.92 Å². The monoisotopic (exact) mass is 198 g/mol. The molecular weight excluding hydrogens is 182 g/mol. The van der Waals surface area contributed by atoms with Crippen molar-refractivity contribution in [1.82, 2.24) is 0 Å². The molecule has 1 atom stereocenters. The molecule has 0 spiro atoms. The van der Waals surface area contributed by atoms with Gasteiger partial charge < -0.3 is 5.32 Å². The van der Waals surface area contributed by atoms with Gasteiger partial charge in [-0.2, -0.15) is 0 Å². The molecule has 1 unspecified atom stereocenters. The van der Waals surface area contributed by atoms with Gasteiger partial charge in [-0.3, -0.25) is 0 Å². The topological polar surface area (TPSA) is 12.0 Å². The van der Waals surface area contributed by atoms with Gasteiger partial charge in [-0.15, -0.1) is 6.42 Å². The Morgan fingerprint density at radius 3 is 3.00 bits per heavy atom. The number of benzene rings is 1. The predicted molar refractivity (Wildman–Crippen MR) is 64.3 cm³/mol. The molecule has 1 aliphatic rings. The van der Waals surface area contributed by atoms with Crippen LogP contribution in [-0.2, 0) is 0 Å². The summed E-state index contributed by atoms with van der Waals surface area (Å²) in [5.41, 5.74) is 2.06. The Bertz CT molecular complexity index is 375. The summed E-state index contributed by atoms with van der Waals surface area (Å²) in [7, 11) is 0. The minimum absolute atomic E-state index is 0.694. The van der Waals surface area contributed by atoms with Crippen LogP contribution in [0.3, 0.4) is 0 Å². The van der Waals surface area contributed by atoms with Crippen LogP contribution >= 0.6 is 0 Å². The fraction of sp³-hybridized carbons (Fsp3) is 0.357. The van der Waals surface area contributed by atoms with Crippen LogP contribution in [0.2, 0.25) is 0 Å². The fourth-order valence-corrected chi connectivity index (χ4v) is 2.08. The fourth-order valence-electron chi connectivity index (χ4n) is 2.08. The van der Waals surface area contributed by atoms with E-state index in [0.717, 1.165) is 11.3 Å². The third kappa shape index (κ3) is 2.33. The Labute approximate surface area is 91.9 Å². The summed E-state index contributed by atoms with van der Waals surface area (Å²) in [5, 5.41) is 3.49. The van der Waals surface area contributed by atoms with E-state index in [1.54, 1.807) is 0 Å². The van der Waals surface area contributed by atoms with Gasteiger partial charge in [0.05, 0.1) is 6.04 Å². The van der Waals surface area contributed by atoms with Crippen LogP contribution < -0.4 is 5.32 Å². The molecule has 0 saturated heterocycles. The summed E-state index contributed by atoms with van der Waals surface area (Å²) < 4.78 is 0. The quantitative estimate of drug-likeness (QED) is 0.718. The second kappa shape index (κ2) is 4.40. The minimum Gasteiger partial charge on any atom is -0.377 e. The summed E-state index contributed by atoms with van der Waals surface area (Å²) in [4.78, 5) is 0. The van der Waals surface area contributed by atoms with E-state index in [1.807, 2.05) is 18.2 Å². The SMILES string of the molecule is C#Cc1cccc(N[C]2CCCC2C)c1. The summed E-state index contributed by atoms with van der Waals surface area (Å²) in [6, 6.07) is 9.49. The maximum Gasteiger partial charge on any atom is 0.0630 e. The lowest BCUT2D eigenvalue weighted by Gasteiger charge is -2.17. The number of terminal acetylenes is 1. The van der Waals surface area contributed by atoms with Gasteiger partial charge in [0.1, 0.15) is 0 Å². The van der Waals surface area contributed by atoms with Crippen LogP contribution in [0.25, 0.3) is 0 Å². The van der Waals surface area contributed by atoms with Gasteiger partial charge in [0.15, 0.2) is 0 Å². The summed E-state index contributed by atoms with van der Waals surface area (Å²) in [5.74, 6) is 3.35. The largest absolute Gasteiger partial charge is 0.377 e. The molecule has 77 valence electrons. The molecule has 0 heterocycles. The lowest BCUT2D eigenvalue weighted by molar-refractivity contribution is 0.650. The Morgan fingerprint density at radius 1 is 1.47 bits per heavy atom. The van der Waals surface area contributed by atoms with Gasteiger partial charge in [-0.05, 0) is 37.0 Å². The first-order valence-corrected chi connectivity index (χ1v) is 5.49. The number of anilines is 1.